The lowest BCUT2D eigenvalue weighted by molar-refractivity contribution is -0.120. The number of hydrazine groups is 1. The van der Waals surface area contributed by atoms with Gasteiger partial charge < -0.3 is 9.64 Å². The van der Waals surface area contributed by atoms with E-state index >= 15 is 0 Å². The minimum atomic E-state index is -0.457. The molecule has 1 amide bonds. The molecule has 1 aliphatic heterocycles. The first kappa shape index (κ1) is 21.8. The molecule has 1 aromatic carbocycles. The standard InChI is InChI=1S/C22H27ClFN5O2/c23-17-12-26-22(27-13-17)29-6-3-14(4-7-29)19-9-15(19)5-8-31-18-2-1-16(20(24)11-18)10-21(30)28-25/h1-2,11-15,19H,3-10,25H2,(H,28,30)/t15-,19-/m1/s1. The fourth-order valence-electron chi connectivity index (χ4n) is 4.49. The van der Waals surface area contributed by atoms with Crippen molar-refractivity contribution in [1.29, 1.82) is 0 Å². The van der Waals surface area contributed by atoms with Crippen LogP contribution in [-0.2, 0) is 11.2 Å². The van der Waals surface area contributed by atoms with Crippen molar-refractivity contribution in [1.82, 2.24) is 15.4 Å². The molecule has 31 heavy (non-hydrogen) atoms. The van der Waals surface area contributed by atoms with Gasteiger partial charge in [-0.15, -0.1) is 0 Å². The van der Waals surface area contributed by atoms with Crippen LogP contribution in [0, 0.1) is 23.6 Å². The van der Waals surface area contributed by atoms with Gasteiger partial charge in [0.15, 0.2) is 0 Å². The molecule has 1 saturated carbocycles. The van der Waals surface area contributed by atoms with E-state index in [9.17, 15) is 9.18 Å². The number of anilines is 1. The van der Waals surface area contributed by atoms with Crippen molar-refractivity contribution in [2.45, 2.75) is 32.1 Å². The summed E-state index contributed by atoms with van der Waals surface area (Å²) >= 11 is 5.87. The molecule has 7 nitrogen and oxygen atoms in total. The molecule has 2 fully saturated rings. The summed E-state index contributed by atoms with van der Waals surface area (Å²) in [4.78, 5) is 22.1. The smallest absolute Gasteiger partial charge is 0.238 e. The number of nitrogens with zero attached hydrogens (tertiary/aromatic N) is 3. The van der Waals surface area contributed by atoms with Gasteiger partial charge in [-0.1, -0.05) is 17.7 Å². The average Bonchev–Trinajstić information content (AvgIpc) is 3.56. The largest absolute Gasteiger partial charge is 0.493 e. The Morgan fingerprint density at radius 2 is 2.03 bits per heavy atom. The molecule has 2 aromatic rings. The number of benzene rings is 1. The minimum Gasteiger partial charge on any atom is -0.493 e. The molecule has 0 radical (unpaired) electrons. The number of halogens is 2. The maximum absolute atomic E-state index is 14.1. The van der Waals surface area contributed by atoms with Crippen LogP contribution in [0.1, 0.15) is 31.2 Å². The lowest BCUT2D eigenvalue weighted by atomic mass is 9.90. The number of ether oxygens (including phenoxy) is 1. The molecular weight excluding hydrogens is 421 g/mol. The lowest BCUT2D eigenvalue weighted by Gasteiger charge is -2.32. The highest BCUT2D eigenvalue weighted by atomic mass is 35.5. The van der Waals surface area contributed by atoms with Gasteiger partial charge in [0, 0.05) is 19.2 Å². The van der Waals surface area contributed by atoms with E-state index in [1.54, 1.807) is 24.5 Å². The number of rotatable bonds is 8. The molecule has 2 heterocycles. The number of carbonyl (C=O) groups is 1. The first-order valence-electron chi connectivity index (χ1n) is 10.7. The summed E-state index contributed by atoms with van der Waals surface area (Å²) in [5.41, 5.74) is 2.30. The molecule has 1 saturated heterocycles. The summed E-state index contributed by atoms with van der Waals surface area (Å²) in [5, 5.41) is 0.555. The fourth-order valence-corrected chi connectivity index (χ4v) is 4.59. The van der Waals surface area contributed by atoms with Gasteiger partial charge in [0.05, 0.1) is 30.4 Å². The monoisotopic (exact) mass is 447 g/mol. The predicted octanol–water partition coefficient (Wildman–Crippen LogP) is 3.12. The number of nitrogens with one attached hydrogen (secondary N) is 1. The number of aromatic nitrogens is 2. The molecular formula is C22H27ClFN5O2. The van der Waals surface area contributed by atoms with Crippen LogP contribution < -0.4 is 20.9 Å². The molecule has 4 rings (SSSR count). The Bertz CT molecular complexity index is 905. The summed E-state index contributed by atoms with van der Waals surface area (Å²) in [6.07, 6.45) is 7.72. The SMILES string of the molecule is NNC(=O)Cc1ccc(OCC[C@@H]2C[C@@H]2C2CCN(c3ncc(Cl)cn3)CC2)cc1F. The third-order valence-electron chi connectivity index (χ3n) is 6.31. The van der Waals surface area contributed by atoms with Crippen LogP contribution in [0.25, 0.3) is 0 Å². The number of hydrogen-bond donors (Lipinski definition) is 2. The summed E-state index contributed by atoms with van der Waals surface area (Å²) in [5.74, 6) is 7.57. The van der Waals surface area contributed by atoms with Gasteiger partial charge in [-0.3, -0.25) is 10.2 Å². The second-order valence-corrected chi connectivity index (χ2v) is 8.76. The Morgan fingerprint density at radius 1 is 1.29 bits per heavy atom. The number of amides is 1. The van der Waals surface area contributed by atoms with Crippen LogP contribution in [0.4, 0.5) is 10.3 Å². The molecule has 0 spiro atoms. The van der Waals surface area contributed by atoms with Gasteiger partial charge in [0.2, 0.25) is 11.9 Å². The normalized spacial score (nSPS) is 21.1. The van der Waals surface area contributed by atoms with Gasteiger partial charge >= 0.3 is 0 Å². The second-order valence-electron chi connectivity index (χ2n) is 8.32. The van der Waals surface area contributed by atoms with Gasteiger partial charge in [-0.25, -0.2) is 20.2 Å². The number of carbonyl (C=O) groups excluding carboxylic acids is 1. The maximum Gasteiger partial charge on any atom is 0.238 e. The van der Waals surface area contributed by atoms with Crippen LogP contribution in [0.15, 0.2) is 30.6 Å². The van der Waals surface area contributed by atoms with E-state index in [2.05, 4.69) is 14.9 Å². The quantitative estimate of drug-likeness (QED) is 0.367. The van der Waals surface area contributed by atoms with Crippen molar-refractivity contribution in [3.8, 4) is 5.75 Å². The molecule has 166 valence electrons. The van der Waals surface area contributed by atoms with E-state index in [4.69, 9.17) is 22.2 Å². The Kier molecular flexibility index (Phi) is 6.87. The first-order valence-corrected chi connectivity index (χ1v) is 11.0. The average molecular weight is 448 g/mol. The zero-order valence-electron chi connectivity index (χ0n) is 17.3. The van der Waals surface area contributed by atoms with E-state index in [-0.39, 0.29) is 6.42 Å². The van der Waals surface area contributed by atoms with E-state index in [1.165, 1.54) is 12.5 Å². The molecule has 3 N–H and O–H groups in total. The van der Waals surface area contributed by atoms with E-state index in [0.29, 0.717) is 28.9 Å². The molecule has 2 atom stereocenters. The van der Waals surface area contributed by atoms with Crippen molar-refractivity contribution >= 4 is 23.5 Å². The van der Waals surface area contributed by atoms with Gasteiger partial charge in [0.1, 0.15) is 11.6 Å². The van der Waals surface area contributed by atoms with Crippen LogP contribution in [-0.4, -0.2) is 35.6 Å². The van der Waals surface area contributed by atoms with Gasteiger partial charge in [0.25, 0.3) is 0 Å². The van der Waals surface area contributed by atoms with E-state index < -0.39 is 11.7 Å². The number of piperidine rings is 1. The van der Waals surface area contributed by atoms with Crippen LogP contribution >= 0.6 is 11.6 Å². The zero-order chi connectivity index (χ0) is 21.8. The molecule has 2 aliphatic rings. The predicted molar refractivity (Wildman–Crippen MR) is 116 cm³/mol. The summed E-state index contributed by atoms with van der Waals surface area (Å²) in [6, 6.07) is 4.59. The Morgan fingerprint density at radius 3 is 2.71 bits per heavy atom. The third kappa shape index (κ3) is 5.62. The third-order valence-corrected chi connectivity index (χ3v) is 6.50. The van der Waals surface area contributed by atoms with Crippen LogP contribution in [0.2, 0.25) is 5.02 Å². The Labute approximate surface area is 186 Å². The Balaban J connectivity index is 1.17. The van der Waals surface area contributed by atoms with E-state index in [0.717, 1.165) is 50.1 Å². The van der Waals surface area contributed by atoms with Crippen LogP contribution in [0.3, 0.4) is 0 Å². The topological polar surface area (TPSA) is 93.4 Å². The van der Waals surface area contributed by atoms with Crippen molar-refractivity contribution in [2.75, 3.05) is 24.6 Å². The first-order chi connectivity index (χ1) is 15.0. The highest BCUT2D eigenvalue weighted by Gasteiger charge is 2.43. The number of hydrogen-bond acceptors (Lipinski definition) is 6. The van der Waals surface area contributed by atoms with Crippen molar-refractivity contribution in [3.63, 3.8) is 0 Å². The van der Waals surface area contributed by atoms with E-state index in [1.807, 2.05) is 5.43 Å². The Hall–Kier alpha value is -2.45. The molecule has 0 unspecified atom stereocenters. The zero-order valence-corrected chi connectivity index (χ0v) is 18.0. The molecule has 1 aliphatic carbocycles. The van der Waals surface area contributed by atoms with Crippen molar-refractivity contribution in [2.24, 2.45) is 23.6 Å². The highest BCUT2D eigenvalue weighted by Crippen LogP contribution is 2.49. The van der Waals surface area contributed by atoms with Crippen LogP contribution in [0.5, 0.6) is 5.75 Å². The second kappa shape index (κ2) is 9.78. The minimum absolute atomic E-state index is 0.0880. The van der Waals surface area contributed by atoms with Gasteiger partial charge in [-0.05, 0) is 55.1 Å². The lowest BCUT2D eigenvalue weighted by Crippen LogP contribution is -2.35. The molecule has 0 bridgehead atoms. The fraction of sp³-hybridized carbons (Fsp3) is 0.500. The molecule has 9 heteroatoms. The maximum atomic E-state index is 14.1. The van der Waals surface area contributed by atoms with Crippen molar-refractivity contribution in [3.05, 3.63) is 47.0 Å². The number of nitrogens with two attached hydrogens (primary N) is 1. The summed E-state index contributed by atoms with van der Waals surface area (Å²) < 4.78 is 19.8. The summed E-state index contributed by atoms with van der Waals surface area (Å²) in [7, 11) is 0. The van der Waals surface area contributed by atoms with Crippen molar-refractivity contribution < 1.29 is 13.9 Å². The molecule has 1 aromatic heterocycles. The van der Waals surface area contributed by atoms with Gasteiger partial charge in [-0.2, -0.15) is 0 Å². The summed E-state index contributed by atoms with van der Waals surface area (Å²) in [6.45, 7) is 2.51. The highest BCUT2D eigenvalue weighted by molar-refractivity contribution is 6.30.